The molecule has 2 heterocycles. The molecule has 0 aromatic heterocycles. The van der Waals surface area contributed by atoms with Crippen LogP contribution >= 0.6 is 0 Å². The number of carbonyl (C=O) groups is 2. The van der Waals surface area contributed by atoms with Crippen LogP contribution in [-0.4, -0.2) is 54.3 Å². The summed E-state index contributed by atoms with van der Waals surface area (Å²) in [6.07, 6.45) is 7.38. The molecule has 176 valence electrons. The first kappa shape index (κ1) is 23.4. The van der Waals surface area contributed by atoms with Gasteiger partial charge in [0, 0.05) is 30.9 Å². The molecular weight excluding hydrogens is 417 g/mol. The van der Waals surface area contributed by atoms with Gasteiger partial charge in [-0.1, -0.05) is 31.0 Å². The van der Waals surface area contributed by atoms with Gasteiger partial charge in [-0.15, -0.1) is 0 Å². The molecule has 1 N–H and O–H groups in total. The Hall–Kier alpha value is -2.73. The summed E-state index contributed by atoms with van der Waals surface area (Å²) in [5.41, 5.74) is 1.90. The second-order valence-electron chi connectivity index (χ2n) is 9.41. The van der Waals surface area contributed by atoms with Gasteiger partial charge in [0.2, 0.25) is 0 Å². The van der Waals surface area contributed by atoms with E-state index in [-0.39, 0.29) is 11.5 Å². The van der Waals surface area contributed by atoms with E-state index in [1.807, 2.05) is 17.9 Å². The van der Waals surface area contributed by atoms with E-state index in [1.165, 1.54) is 50.9 Å². The van der Waals surface area contributed by atoms with E-state index in [4.69, 9.17) is 0 Å². The fraction of sp³-hybridized carbons (Fsp3) is 0.481. The quantitative estimate of drug-likeness (QED) is 0.687. The summed E-state index contributed by atoms with van der Waals surface area (Å²) < 4.78 is 14.0. The fourth-order valence-corrected chi connectivity index (χ4v) is 4.91. The molecule has 4 rings (SSSR count). The van der Waals surface area contributed by atoms with Crippen LogP contribution in [0.5, 0.6) is 0 Å². The molecule has 5 nitrogen and oxygen atoms in total. The number of amides is 2. The Morgan fingerprint density at radius 1 is 0.970 bits per heavy atom. The smallest absolute Gasteiger partial charge is 0.258 e. The molecule has 0 bridgehead atoms. The molecule has 2 aliphatic rings. The summed E-state index contributed by atoms with van der Waals surface area (Å²) in [5.74, 6) is -0.441. The van der Waals surface area contributed by atoms with Gasteiger partial charge < -0.3 is 15.1 Å². The molecule has 0 aliphatic carbocycles. The van der Waals surface area contributed by atoms with Crippen molar-refractivity contribution in [1.29, 1.82) is 0 Å². The zero-order chi connectivity index (χ0) is 23.2. The van der Waals surface area contributed by atoms with E-state index in [0.717, 1.165) is 38.0 Å². The molecule has 2 aromatic carbocycles. The molecule has 0 radical (unpaired) electrons. The lowest BCUT2D eigenvalue weighted by molar-refractivity contribution is 0.0667. The van der Waals surface area contributed by atoms with Crippen molar-refractivity contribution < 1.29 is 14.0 Å². The third-order valence-electron chi connectivity index (χ3n) is 6.97. The lowest BCUT2D eigenvalue weighted by Crippen LogP contribution is -2.41. The van der Waals surface area contributed by atoms with Gasteiger partial charge in [-0.2, -0.15) is 0 Å². The van der Waals surface area contributed by atoms with Gasteiger partial charge in [-0.25, -0.2) is 4.39 Å². The SMILES string of the molecule is Cc1ccc(C(=O)N2CCC(CN3CCCCCC3)CC2)cc1NC(=O)c1ccccc1F. The Morgan fingerprint density at radius 3 is 2.36 bits per heavy atom. The number of rotatable bonds is 5. The van der Waals surface area contributed by atoms with Gasteiger partial charge in [-0.3, -0.25) is 9.59 Å². The standard InChI is InChI=1S/C27H34FN3O2/c1-20-10-11-22(18-25(20)29-26(32)23-8-4-5-9-24(23)28)27(33)31-16-12-21(13-17-31)19-30-14-6-2-3-7-15-30/h4-5,8-11,18,21H,2-3,6-7,12-17,19H2,1H3,(H,29,32). The van der Waals surface area contributed by atoms with E-state index in [1.54, 1.807) is 24.3 Å². The van der Waals surface area contributed by atoms with Crippen LogP contribution < -0.4 is 5.32 Å². The van der Waals surface area contributed by atoms with Crippen LogP contribution in [0.1, 0.15) is 64.8 Å². The number of piperidine rings is 1. The van der Waals surface area contributed by atoms with Gasteiger partial charge in [0.05, 0.1) is 5.56 Å². The normalized spacial score (nSPS) is 18.1. The number of nitrogens with zero attached hydrogens (tertiary/aromatic N) is 2. The molecule has 2 amide bonds. The van der Waals surface area contributed by atoms with Crippen molar-refractivity contribution in [3.63, 3.8) is 0 Å². The van der Waals surface area contributed by atoms with Crippen molar-refractivity contribution in [2.75, 3.05) is 38.0 Å². The molecule has 33 heavy (non-hydrogen) atoms. The van der Waals surface area contributed by atoms with Gasteiger partial charge in [0.15, 0.2) is 0 Å². The Kier molecular flexibility index (Phi) is 7.76. The van der Waals surface area contributed by atoms with Gasteiger partial charge >= 0.3 is 0 Å². The van der Waals surface area contributed by atoms with Crippen LogP contribution in [0.15, 0.2) is 42.5 Å². The Labute approximate surface area is 196 Å². The number of hydrogen-bond donors (Lipinski definition) is 1. The highest BCUT2D eigenvalue weighted by Crippen LogP contribution is 2.24. The molecule has 0 unspecified atom stereocenters. The van der Waals surface area contributed by atoms with Gasteiger partial charge in [0.25, 0.3) is 11.8 Å². The van der Waals surface area contributed by atoms with Crippen LogP contribution in [0.3, 0.4) is 0 Å². The first-order chi connectivity index (χ1) is 16.0. The average molecular weight is 452 g/mol. The number of likely N-dealkylation sites (tertiary alicyclic amines) is 2. The van der Waals surface area contributed by atoms with E-state index in [9.17, 15) is 14.0 Å². The summed E-state index contributed by atoms with van der Waals surface area (Å²) >= 11 is 0. The Morgan fingerprint density at radius 2 is 1.67 bits per heavy atom. The summed E-state index contributed by atoms with van der Waals surface area (Å²) in [6, 6.07) is 11.2. The lowest BCUT2D eigenvalue weighted by atomic mass is 9.95. The number of benzene rings is 2. The molecule has 0 saturated carbocycles. The number of halogens is 1. The minimum atomic E-state index is -0.567. The first-order valence-corrected chi connectivity index (χ1v) is 12.2. The van der Waals surface area contributed by atoms with Crippen LogP contribution in [-0.2, 0) is 0 Å². The minimum absolute atomic E-state index is 0.00962. The number of carbonyl (C=O) groups excluding carboxylic acids is 2. The van der Waals surface area contributed by atoms with Crippen LogP contribution in [0.25, 0.3) is 0 Å². The van der Waals surface area contributed by atoms with Crippen LogP contribution in [0, 0.1) is 18.7 Å². The zero-order valence-electron chi connectivity index (χ0n) is 19.5. The second-order valence-corrected chi connectivity index (χ2v) is 9.41. The largest absolute Gasteiger partial charge is 0.339 e. The fourth-order valence-electron chi connectivity index (χ4n) is 4.91. The summed E-state index contributed by atoms with van der Waals surface area (Å²) in [7, 11) is 0. The van der Waals surface area contributed by atoms with Gasteiger partial charge in [-0.05, 0) is 81.4 Å². The summed E-state index contributed by atoms with van der Waals surface area (Å²) in [5, 5.41) is 2.77. The predicted octanol–water partition coefficient (Wildman–Crippen LogP) is 5.11. The van der Waals surface area contributed by atoms with Crippen molar-refractivity contribution >= 4 is 17.5 Å². The maximum atomic E-state index is 14.0. The summed E-state index contributed by atoms with van der Waals surface area (Å²) in [4.78, 5) is 30.2. The van der Waals surface area contributed by atoms with Crippen molar-refractivity contribution in [1.82, 2.24) is 9.80 Å². The van der Waals surface area contributed by atoms with Crippen molar-refractivity contribution in [2.45, 2.75) is 45.4 Å². The third-order valence-corrected chi connectivity index (χ3v) is 6.97. The zero-order valence-corrected chi connectivity index (χ0v) is 19.5. The molecule has 6 heteroatoms. The monoisotopic (exact) mass is 451 g/mol. The topological polar surface area (TPSA) is 52.7 Å². The van der Waals surface area contributed by atoms with Crippen molar-refractivity contribution in [3.05, 3.63) is 65.0 Å². The molecule has 0 spiro atoms. The van der Waals surface area contributed by atoms with Crippen LogP contribution in [0.2, 0.25) is 0 Å². The third kappa shape index (κ3) is 5.99. The molecule has 2 aliphatic heterocycles. The molecular formula is C27H34FN3O2. The number of anilines is 1. The number of nitrogens with one attached hydrogen (secondary N) is 1. The van der Waals surface area contributed by atoms with Crippen molar-refractivity contribution in [2.24, 2.45) is 5.92 Å². The lowest BCUT2D eigenvalue weighted by Gasteiger charge is -2.34. The highest BCUT2D eigenvalue weighted by Gasteiger charge is 2.26. The van der Waals surface area contributed by atoms with E-state index in [2.05, 4.69) is 10.2 Å². The highest BCUT2D eigenvalue weighted by atomic mass is 19.1. The molecule has 0 atom stereocenters. The van der Waals surface area contributed by atoms with E-state index >= 15 is 0 Å². The average Bonchev–Trinajstić information content (AvgIpc) is 3.09. The van der Waals surface area contributed by atoms with Crippen molar-refractivity contribution in [3.8, 4) is 0 Å². The Balaban J connectivity index is 1.36. The maximum absolute atomic E-state index is 14.0. The molecule has 2 fully saturated rings. The maximum Gasteiger partial charge on any atom is 0.258 e. The summed E-state index contributed by atoms with van der Waals surface area (Å²) in [6.45, 7) is 6.97. The second kappa shape index (κ2) is 10.9. The predicted molar refractivity (Wildman–Crippen MR) is 129 cm³/mol. The Bertz CT molecular complexity index is 977. The van der Waals surface area contributed by atoms with E-state index in [0.29, 0.717) is 17.2 Å². The molecule has 2 aromatic rings. The van der Waals surface area contributed by atoms with Crippen LogP contribution in [0.4, 0.5) is 10.1 Å². The first-order valence-electron chi connectivity index (χ1n) is 12.2. The number of hydrogen-bond acceptors (Lipinski definition) is 3. The minimum Gasteiger partial charge on any atom is -0.339 e. The highest BCUT2D eigenvalue weighted by molar-refractivity contribution is 6.05. The number of aryl methyl sites for hydroxylation is 1. The molecule has 2 saturated heterocycles. The van der Waals surface area contributed by atoms with E-state index < -0.39 is 11.7 Å². The van der Waals surface area contributed by atoms with Gasteiger partial charge in [0.1, 0.15) is 5.82 Å².